The molecule has 0 aliphatic heterocycles. The second kappa shape index (κ2) is 29.7. The van der Waals surface area contributed by atoms with E-state index in [1.165, 1.54) is 109 Å². The number of carbonyl (C=O) groups excluding carboxylic acids is 2. The zero-order valence-electron chi connectivity index (χ0n) is 25.6. The van der Waals surface area contributed by atoms with Crippen molar-refractivity contribution in [3.8, 4) is 0 Å². The highest BCUT2D eigenvalue weighted by molar-refractivity contribution is 5.78. The predicted octanol–water partition coefficient (Wildman–Crippen LogP) is 11.4. The normalized spacial score (nSPS) is 11.4. The zero-order valence-corrected chi connectivity index (χ0v) is 25.6. The fourth-order valence-corrected chi connectivity index (χ4v) is 5.16. The van der Waals surface area contributed by atoms with E-state index in [-0.39, 0.29) is 12.1 Å². The molecule has 0 aromatic carbocycles. The average Bonchev–Trinajstić information content (AvgIpc) is 2.89. The van der Waals surface area contributed by atoms with Gasteiger partial charge in [0.05, 0.1) is 0 Å². The van der Waals surface area contributed by atoms with Crippen molar-refractivity contribution in [1.82, 2.24) is 0 Å². The van der Waals surface area contributed by atoms with Gasteiger partial charge in [-0.05, 0) is 44.9 Å². The number of esters is 1. The molecule has 0 aliphatic rings. The summed E-state index contributed by atoms with van der Waals surface area (Å²) in [6.45, 7) is 6.75. The highest BCUT2D eigenvalue weighted by atomic mass is 16.5. The number of ketones is 1. The van der Waals surface area contributed by atoms with E-state index in [1.54, 1.807) is 0 Å². The predicted molar refractivity (Wildman–Crippen MR) is 161 cm³/mol. The first-order chi connectivity index (χ1) is 18.1. The lowest BCUT2D eigenvalue weighted by molar-refractivity contribution is -0.150. The summed E-state index contributed by atoms with van der Waals surface area (Å²) in [6, 6.07) is 0. The molecule has 0 aliphatic carbocycles. The lowest BCUT2D eigenvalue weighted by Gasteiger charge is -2.18. The Labute approximate surface area is 232 Å². The lowest BCUT2D eigenvalue weighted by atomic mass is 10.0. The summed E-state index contributed by atoms with van der Waals surface area (Å²) in [5.74, 6) is 0.455. The largest absolute Gasteiger partial charge is 0.462 e. The summed E-state index contributed by atoms with van der Waals surface area (Å²) in [5, 5.41) is 0. The number of rotatable bonds is 30. The molecule has 0 bridgehead atoms. The molecule has 0 amide bonds. The minimum Gasteiger partial charge on any atom is -0.462 e. The van der Waals surface area contributed by atoms with Crippen LogP contribution in [-0.2, 0) is 14.3 Å². The van der Waals surface area contributed by atoms with Crippen LogP contribution in [0.25, 0.3) is 0 Å². The lowest BCUT2D eigenvalue weighted by Crippen LogP contribution is -2.18. The Morgan fingerprint density at radius 1 is 0.432 bits per heavy atom. The third kappa shape index (κ3) is 28.0. The molecule has 0 radical (unpaired) electrons. The van der Waals surface area contributed by atoms with Crippen LogP contribution in [0.15, 0.2) is 0 Å². The number of carbonyl (C=O) groups is 2. The maximum absolute atomic E-state index is 12.5. The minimum absolute atomic E-state index is 0.0103. The fourth-order valence-electron chi connectivity index (χ4n) is 5.16. The monoisotopic (exact) mass is 523 g/mol. The van der Waals surface area contributed by atoms with Gasteiger partial charge in [0.25, 0.3) is 0 Å². The third-order valence-corrected chi connectivity index (χ3v) is 7.70. The molecule has 37 heavy (non-hydrogen) atoms. The molecule has 0 N–H and O–H groups in total. The van der Waals surface area contributed by atoms with Crippen molar-refractivity contribution >= 4 is 11.8 Å². The Balaban J connectivity index is 3.90. The van der Waals surface area contributed by atoms with Gasteiger partial charge in [0.1, 0.15) is 11.9 Å². The zero-order chi connectivity index (χ0) is 27.2. The van der Waals surface area contributed by atoms with Crippen molar-refractivity contribution in [1.29, 1.82) is 0 Å². The van der Waals surface area contributed by atoms with E-state index < -0.39 is 0 Å². The highest BCUT2D eigenvalue weighted by Crippen LogP contribution is 2.18. The van der Waals surface area contributed by atoms with Crippen molar-refractivity contribution in [2.45, 2.75) is 207 Å². The quantitative estimate of drug-likeness (QED) is 0.0695. The third-order valence-electron chi connectivity index (χ3n) is 7.70. The van der Waals surface area contributed by atoms with E-state index in [0.717, 1.165) is 64.2 Å². The van der Waals surface area contributed by atoms with E-state index in [1.807, 2.05) is 0 Å². The topological polar surface area (TPSA) is 43.4 Å². The van der Waals surface area contributed by atoms with Crippen molar-refractivity contribution < 1.29 is 14.3 Å². The van der Waals surface area contributed by atoms with Gasteiger partial charge in [-0.2, -0.15) is 0 Å². The van der Waals surface area contributed by atoms with Crippen LogP contribution >= 0.6 is 0 Å². The molecule has 0 unspecified atom stereocenters. The van der Waals surface area contributed by atoms with Crippen LogP contribution in [0, 0.1) is 0 Å². The summed E-state index contributed by atoms with van der Waals surface area (Å²) >= 11 is 0. The maximum atomic E-state index is 12.5. The van der Waals surface area contributed by atoms with Gasteiger partial charge in [-0.3, -0.25) is 9.59 Å². The number of unbranched alkanes of at least 4 members (excludes halogenated alkanes) is 19. The molecule has 0 saturated heterocycles. The van der Waals surface area contributed by atoms with Crippen molar-refractivity contribution in [2.75, 3.05) is 0 Å². The average molecular weight is 523 g/mol. The molecule has 220 valence electrons. The molecule has 0 rings (SSSR count). The van der Waals surface area contributed by atoms with Gasteiger partial charge in [0.2, 0.25) is 0 Å². The molecule has 0 fully saturated rings. The molecule has 3 heteroatoms. The van der Waals surface area contributed by atoms with Crippen LogP contribution in [-0.4, -0.2) is 17.9 Å². The van der Waals surface area contributed by atoms with Gasteiger partial charge in [-0.15, -0.1) is 0 Å². The number of hydrogen-bond acceptors (Lipinski definition) is 3. The van der Waals surface area contributed by atoms with E-state index in [0.29, 0.717) is 12.2 Å². The van der Waals surface area contributed by atoms with Crippen LogP contribution in [0.4, 0.5) is 0 Å². The summed E-state index contributed by atoms with van der Waals surface area (Å²) < 4.78 is 5.95. The Morgan fingerprint density at radius 2 is 0.757 bits per heavy atom. The van der Waals surface area contributed by atoms with Crippen molar-refractivity contribution in [3.05, 3.63) is 0 Å². The number of hydrogen-bond donors (Lipinski definition) is 0. The first-order valence-corrected chi connectivity index (χ1v) is 16.8. The van der Waals surface area contributed by atoms with Crippen LogP contribution < -0.4 is 0 Å². The van der Waals surface area contributed by atoms with Gasteiger partial charge in [0.15, 0.2) is 0 Å². The van der Waals surface area contributed by atoms with Crippen LogP contribution in [0.2, 0.25) is 0 Å². The van der Waals surface area contributed by atoms with Gasteiger partial charge >= 0.3 is 5.97 Å². The molecular weight excluding hydrogens is 456 g/mol. The van der Waals surface area contributed by atoms with Crippen LogP contribution in [0.3, 0.4) is 0 Å². The summed E-state index contributed by atoms with van der Waals surface area (Å²) in [5.41, 5.74) is 0. The number of ether oxygens (including phenoxy) is 1. The Morgan fingerprint density at radius 3 is 1.16 bits per heavy atom. The SMILES string of the molecule is CCCCCCCCC(=O)CCCCCCCC(=O)OC(CCCCCCCC)CCCCCCCC. The summed E-state index contributed by atoms with van der Waals surface area (Å²) in [7, 11) is 0. The van der Waals surface area contributed by atoms with Crippen LogP contribution in [0.5, 0.6) is 0 Å². The molecule has 0 saturated carbocycles. The number of Topliss-reactive ketones (excluding diaryl/α,β-unsaturated/α-hetero) is 1. The molecule has 0 heterocycles. The second-order valence-corrected chi connectivity index (χ2v) is 11.5. The van der Waals surface area contributed by atoms with Crippen molar-refractivity contribution in [3.63, 3.8) is 0 Å². The second-order valence-electron chi connectivity index (χ2n) is 11.5. The molecule has 0 aromatic heterocycles. The molecule has 3 nitrogen and oxygen atoms in total. The first kappa shape index (κ1) is 36.1. The Bertz CT molecular complexity index is 471. The van der Waals surface area contributed by atoms with Crippen LogP contribution in [0.1, 0.15) is 201 Å². The maximum Gasteiger partial charge on any atom is 0.306 e. The van der Waals surface area contributed by atoms with Gasteiger partial charge in [0, 0.05) is 19.3 Å². The first-order valence-electron chi connectivity index (χ1n) is 16.8. The molecular formula is C34H66O3. The summed E-state index contributed by atoms with van der Waals surface area (Å²) in [6.07, 6.45) is 32.5. The smallest absolute Gasteiger partial charge is 0.306 e. The summed E-state index contributed by atoms with van der Waals surface area (Å²) in [4.78, 5) is 24.5. The minimum atomic E-state index is 0.0103. The highest BCUT2D eigenvalue weighted by Gasteiger charge is 2.14. The molecule has 0 aromatic rings. The Hall–Kier alpha value is -0.860. The van der Waals surface area contributed by atoms with Gasteiger partial charge in [-0.1, -0.05) is 136 Å². The van der Waals surface area contributed by atoms with Gasteiger partial charge < -0.3 is 4.74 Å². The van der Waals surface area contributed by atoms with Gasteiger partial charge in [-0.25, -0.2) is 0 Å². The van der Waals surface area contributed by atoms with E-state index in [2.05, 4.69) is 20.8 Å². The molecule has 0 spiro atoms. The standard InChI is InChI=1S/C34H66O3/c1-4-7-10-13-17-22-27-32(35)28-23-18-16-21-26-31-34(36)37-33(29-24-19-14-11-8-5-2)30-25-20-15-12-9-6-3/h33H,4-31H2,1-3H3. The van der Waals surface area contributed by atoms with Crippen molar-refractivity contribution in [2.24, 2.45) is 0 Å². The molecule has 0 atom stereocenters. The van der Waals surface area contributed by atoms with E-state index in [9.17, 15) is 9.59 Å². The Kier molecular flexibility index (Phi) is 29.0. The van der Waals surface area contributed by atoms with E-state index >= 15 is 0 Å². The fraction of sp³-hybridized carbons (Fsp3) is 0.941. The van der Waals surface area contributed by atoms with E-state index in [4.69, 9.17) is 4.74 Å².